The Morgan fingerprint density at radius 2 is 0.682 bits per heavy atom. The molecule has 0 aliphatic rings. The maximum Gasteiger partial charge on any atom is 0.248 e. The summed E-state index contributed by atoms with van der Waals surface area (Å²) in [4.78, 5) is 14.8. The van der Waals surface area contributed by atoms with Crippen molar-refractivity contribution in [3.63, 3.8) is 0 Å². The van der Waals surface area contributed by atoms with Gasteiger partial charge in [-0.2, -0.15) is 0 Å². The molecular formula is C40H81NO3. The van der Waals surface area contributed by atoms with Crippen molar-refractivity contribution in [3.8, 4) is 0 Å². The summed E-state index contributed by atoms with van der Waals surface area (Å²) in [5.74, 6) is 0.0976. The number of unbranched alkanes of at least 4 members (excludes halogenated alkanes) is 30. The van der Waals surface area contributed by atoms with Gasteiger partial charge in [0.2, 0.25) is 5.91 Å². The van der Waals surface area contributed by atoms with E-state index in [1.807, 2.05) is 4.90 Å². The minimum absolute atomic E-state index is 0.0223. The molecule has 0 aliphatic heterocycles. The van der Waals surface area contributed by atoms with E-state index in [1.165, 1.54) is 193 Å². The van der Waals surface area contributed by atoms with E-state index in [-0.39, 0.29) is 25.7 Å². The van der Waals surface area contributed by atoms with Crippen LogP contribution in [0.3, 0.4) is 0 Å². The lowest BCUT2D eigenvalue weighted by Crippen LogP contribution is -2.36. The Morgan fingerprint density at radius 1 is 0.432 bits per heavy atom. The van der Waals surface area contributed by atoms with Gasteiger partial charge in [-0.15, -0.1) is 0 Å². The molecule has 0 aromatic carbocycles. The fourth-order valence-electron chi connectivity index (χ4n) is 6.38. The number of amides is 1. The summed E-state index contributed by atoms with van der Waals surface area (Å²) in [5.41, 5.74) is 0. The molecule has 0 unspecified atom stereocenters. The molecule has 4 nitrogen and oxygen atoms in total. The maximum atomic E-state index is 12.7. The number of nitrogens with zero attached hydrogens (tertiary/aromatic N) is 1. The Bertz CT molecular complexity index is 505. The van der Waals surface area contributed by atoms with Crippen molar-refractivity contribution in [1.29, 1.82) is 0 Å². The maximum absolute atomic E-state index is 12.7. The highest BCUT2D eigenvalue weighted by Crippen LogP contribution is 2.16. The monoisotopic (exact) mass is 624 g/mol. The number of aliphatic hydroxyl groups is 1. The number of ether oxygens (including phenoxy) is 1. The van der Waals surface area contributed by atoms with Gasteiger partial charge in [-0.1, -0.05) is 206 Å². The minimum Gasteiger partial charge on any atom is -0.394 e. The van der Waals surface area contributed by atoms with Crippen LogP contribution in [0.15, 0.2) is 0 Å². The third kappa shape index (κ3) is 34.3. The molecule has 4 heteroatoms. The molecule has 0 aliphatic carbocycles. The van der Waals surface area contributed by atoms with Gasteiger partial charge in [-0.25, -0.2) is 0 Å². The van der Waals surface area contributed by atoms with Crippen molar-refractivity contribution in [2.24, 2.45) is 0 Å². The molecule has 0 rings (SSSR count). The second-order valence-corrected chi connectivity index (χ2v) is 13.8. The molecule has 0 fully saturated rings. The molecule has 264 valence electrons. The van der Waals surface area contributed by atoms with Crippen molar-refractivity contribution >= 4 is 5.91 Å². The van der Waals surface area contributed by atoms with Gasteiger partial charge < -0.3 is 14.7 Å². The predicted molar refractivity (Wildman–Crippen MR) is 194 cm³/mol. The molecule has 0 aromatic heterocycles. The first kappa shape index (κ1) is 43.4. The van der Waals surface area contributed by atoms with Gasteiger partial charge in [0.15, 0.2) is 0 Å². The molecule has 44 heavy (non-hydrogen) atoms. The third-order valence-corrected chi connectivity index (χ3v) is 9.38. The minimum atomic E-state index is -0.0223. The van der Waals surface area contributed by atoms with Crippen molar-refractivity contribution in [2.75, 3.05) is 32.9 Å². The van der Waals surface area contributed by atoms with Gasteiger partial charge in [0.05, 0.1) is 13.2 Å². The molecule has 1 N–H and O–H groups in total. The molecule has 0 atom stereocenters. The van der Waals surface area contributed by atoms with Crippen LogP contribution in [-0.2, 0) is 9.53 Å². The highest BCUT2D eigenvalue weighted by atomic mass is 16.5. The number of aliphatic hydroxyl groups excluding tert-OH is 1. The van der Waals surface area contributed by atoms with Crippen LogP contribution in [0.5, 0.6) is 0 Å². The Balaban J connectivity index is 3.73. The van der Waals surface area contributed by atoms with Crippen molar-refractivity contribution < 1.29 is 14.6 Å². The van der Waals surface area contributed by atoms with Crippen molar-refractivity contribution in [1.82, 2.24) is 4.90 Å². The molecule has 0 saturated heterocycles. The highest BCUT2D eigenvalue weighted by molar-refractivity contribution is 5.77. The van der Waals surface area contributed by atoms with Crippen LogP contribution in [0, 0.1) is 0 Å². The third-order valence-electron chi connectivity index (χ3n) is 9.38. The number of carbonyl (C=O) groups is 1. The average Bonchev–Trinajstić information content (AvgIpc) is 3.03. The largest absolute Gasteiger partial charge is 0.394 e. The lowest BCUT2D eigenvalue weighted by Gasteiger charge is -2.23. The topological polar surface area (TPSA) is 49.8 Å². The van der Waals surface area contributed by atoms with Crippen LogP contribution in [0.2, 0.25) is 0 Å². The Kier molecular flexibility index (Phi) is 38.0. The summed E-state index contributed by atoms with van der Waals surface area (Å²) < 4.78 is 5.35. The van der Waals surface area contributed by atoms with Gasteiger partial charge in [0, 0.05) is 13.1 Å². The summed E-state index contributed by atoms with van der Waals surface area (Å²) in [5, 5.41) is 8.99. The van der Waals surface area contributed by atoms with Gasteiger partial charge in [0.1, 0.15) is 6.61 Å². The van der Waals surface area contributed by atoms with E-state index in [2.05, 4.69) is 13.8 Å². The van der Waals surface area contributed by atoms with Crippen LogP contribution >= 0.6 is 0 Å². The second kappa shape index (κ2) is 38.6. The van der Waals surface area contributed by atoms with Gasteiger partial charge in [0.25, 0.3) is 0 Å². The normalized spacial score (nSPS) is 11.4. The quantitative estimate of drug-likeness (QED) is 0.0696. The molecular weight excluding hydrogens is 542 g/mol. The summed E-state index contributed by atoms with van der Waals surface area (Å²) >= 11 is 0. The Hall–Kier alpha value is -0.610. The Labute approximate surface area is 277 Å². The first-order chi connectivity index (χ1) is 21.8. The zero-order valence-corrected chi connectivity index (χ0v) is 30.4. The van der Waals surface area contributed by atoms with E-state index < -0.39 is 0 Å². The van der Waals surface area contributed by atoms with Gasteiger partial charge >= 0.3 is 0 Å². The molecule has 0 heterocycles. The zero-order valence-electron chi connectivity index (χ0n) is 30.4. The summed E-state index contributed by atoms with van der Waals surface area (Å²) in [6.07, 6.45) is 43.8. The number of carbonyl (C=O) groups excluding carboxylic acids is 1. The first-order valence-electron chi connectivity index (χ1n) is 20.2. The van der Waals surface area contributed by atoms with E-state index >= 15 is 0 Å². The number of hydrogen-bond donors (Lipinski definition) is 1. The van der Waals surface area contributed by atoms with Crippen LogP contribution in [0.1, 0.15) is 219 Å². The molecule has 0 aromatic rings. The average molecular weight is 624 g/mol. The predicted octanol–water partition coefficient (Wildman–Crippen LogP) is 12.3. The second-order valence-electron chi connectivity index (χ2n) is 13.8. The number of hydrogen-bond acceptors (Lipinski definition) is 3. The lowest BCUT2D eigenvalue weighted by molar-refractivity contribution is -0.136. The van der Waals surface area contributed by atoms with E-state index in [4.69, 9.17) is 9.84 Å². The Morgan fingerprint density at radius 3 is 0.932 bits per heavy atom. The summed E-state index contributed by atoms with van der Waals surface area (Å²) in [7, 11) is 0. The van der Waals surface area contributed by atoms with E-state index in [0.717, 1.165) is 25.9 Å². The van der Waals surface area contributed by atoms with Crippen LogP contribution < -0.4 is 0 Å². The molecule has 0 spiro atoms. The fourth-order valence-corrected chi connectivity index (χ4v) is 6.38. The van der Waals surface area contributed by atoms with Gasteiger partial charge in [-0.05, 0) is 12.8 Å². The smallest absolute Gasteiger partial charge is 0.248 e. The van der Waals surface area contributed by atoms with Crippen LogP contribution in [0.4, 0.5) is 0 Å². The molecule has 0 bridgehead atoms. The van der Waals surface area contributed by atoms with E-state index in [0.29, 0.717) is 0 Å². The molecule has 1 amide bonds. The van der Waals surface area contributed by atoms with Gasteiger partial charge in [-0.3, -0.25) is 4.79 Å². The van der Waals surface area contributed by atoms with Crippen molar-refractivity contribution in [2.45, 2.75) is 219 Å². The van der Waals surface area contributed by atoms with Crippen LogP contribution in [-0.4, -0.2) is 48.8 Å². The standard InChI is InChI=1S/C40H81NO3/c1-3-5-7-9-11-13-15-17-19-21-23-25-27-29-31-33-35-41(40(43)39-44-38-37-42)36-34-32-30-28-26-24-22-20-18-16-14-12-10-8-6-4-2/h42H,3-39H2,1-2H3. The van der Waals surface area contributed by atoms with Crippen LogP contribution in [0.25, 0.3) is 0 Å². The van der Waals surface area contributed by atoms with Crippen molar-refractivity contribution in [3.05, 3.63) is 0 Å². The van der Waals surface area contributed by atoms with E-state index in [9.17, 15) is 4.79 Å². The summed E-state index contributed by atoms with van der Waals surface area (Å²) in [6.45, 7) is 6.63. The lowest BCUT2D eigenvalue weighted by atomic mass is 10.0. The zero-order chi connectivity index (χ0) is 32.0. The number of rotatable bonds is 38. The highest BCUT2D eigenvalue weighted by Gasteiger charge is 2.13. The summed E-state index contributed by atoms with van der Waals surface area (Å²) in [6, 6.07) is 0. The SMILES string of the molecule is CCCCCCCCCCCCCCCCCCN(CCCCCCCCCCCCCCCCCC)C(=O)COCCO. The fraction of sp³-hybridized carbons (Fsp3) is 0.975. The molecule has 0 radical (unpaired) electrons. The molecule has 0 saturated carbocycles. The van der Waals surface area contributed by atoms with E-state index in [1.54, 1.807) is 0 Å². The first-order valence-corrected chi connectivity index (χ1v) is 20.2.